The molecule has 0 unspecified atom stereocenters. The number of benzene rings is 2. The van der Waals surface area contributed by atoms with Gasteiger partial charge in [-0.2, -0.15) is 13.2 Å². The summed E-state index contributed by atoms with van der Waals surface area (Å²) in [4.78, 5) is 25.6. The number of carbonyl (C=O) groups excluding carboxylic acids is 2. The van der Waals surface area contributed by atoms with Crippen LogP contribution in [0, 0.1) is 11.2 Å². The third-order valence-electron chi connectivity index (χ3n) is 7.04. The molecule has 2 amide bonds. The standard InChI is InChI=1S/C28H31F4N5O2/c29-23-14-21(36-24-9-5-4-8-22(24)28(30,31)32)11-10-18(23)16-35-26(39)27(12-13-27)37-25(38)19(15-33)17-34-20-6-2-1-3-7-20/h4-5,8-11,14-15,17,20,33-34,36H,1-3,6-7,12-13,16H2,(H,35,39)(H,37,38)/b19-17+,33-15?. The monoisotopic (exact) mass is 545 g/mol. The maximum Gasteiger partial charge on any atom is 0.418 e. The van der Waals surface area contributed by atoms with Crippen molar-refractivity contribution in [2.24, 2.45) is 0 Å². The van der Waals surface area contributed by atoms with Crippen LogP contribution < -0.4 is 21.3 Å². The van der Waals surface area contributed by atoms with Crippen molar-refractivity contribution < 1.29 is 27.2 Å². The Morgan fingerprint density at radius 2 is 1.77 bits per heavy atom. The highest BCUT2D eigenvalue weighted by Gasteiger charge is 2.51. The molecule has 0 bridgehead atoms. The fourth-order valence-corrected chi connectivity index (χ4v) is 4.58. The summed E-state index contributed by atoms with van der Waals surface area (Å²) in [7, 11) is 0. The maximum absolute atomic E-state index is 14.7. The van der Waals surface area contributed by atoms with Gasteiger partial charge in [-0.3, -0.25) is 9.59 Å². The van der Waals surface area contributed by atoms with Gasteiger partial charge in [-0.1, -0.05) is 37.5 Å². The molecule has 0 aliphatic heterocycles. The Morgan fingerprint density at radius 1 is 1.05 bits per heavy atom. The highest BCUT2D eigenvalue weighted by molar-refractivity contribution is 6.13. The zero-order valence-electron chi connectivity index (χ0n) is 21.3. The fraction of sp³-hybridized carbons (Fsp3) is 0.393. The number of hydrogen-bond donors (Lipinski definition) is 5. The van der Waals surface area contributed by atoms with Gasteiger partial charge in [0.1, 0.15) is 11.4 Å². The average molecular weight is 546 g/mol. The molecule has 2 aliphatic carbocycles. The van der Waals surface area contributed by atoms with E-state index in [1.807, 2.05) is 0 Å². The predicted molar refractivity (Wildman–Crippen MR) is 140 cm³/mol. The maximum atomic E-state index is 14.7. The largest absolute Gasteiger partial charge is 0.418 e. The smallest absolute Gasteiger partial charge is 0.387 e. The van der Waals surface area contributed by atoms with Crippen LogP contribution in [0.1, 0.15) is 56.1 Å². The molecule has 0 saturated heterocycles. The number of halogens is 4. The minimum Gasteiger partial charge on any atom is -0.387 e. The van der Waals surface area contributed by atoms with Crippen LogP contribution in [0.5, 0.6) is 0 Å². The van der Waals surface area contributed by atoms with E-state index in [2.05, 4.69) is 21.3 Å². The van der Waals surface area contributed by atoms with E-state index in [9.17, 15) is 27.2 Å². The van der Waals surface area contributed by atoms with E-state index >= 15 is 0 Å². The van der Waals surface area contributed by atoms with Gasteiger partial charge in [-0.15, -0.1) is 0 Å². The lowest BCUT2D eigenvalue weighted by atomic mass is 9.96. The molecule has 0 atom stereocenters. The lowest BCUT2D eigenvalue weighted by Gasteiger charge is -2.22. The van der Waals surface area contributed by atoms with Gasteiger partial charge >= 0.3 is 6.18 Å². The lowest BCUT2D eigenvalue weighted by molar-refractivity contribution is -0.137. The van der Waals surface area contributed by atoms with Gasteiger partial charge in [0, 0.05) is 36.3 Å². The molecule has 0 radical (unpaired) electrons. The first-order valence-electron chi connectivity index (χ1n) is 12.9. The van der Waals surface area contributed by atoms with Crippen LogP contribution >= 0.6 is 0 Å². The van der Waals surface area contributed by atoms with Crippen LogP contribution in [-0.4, -0.2) is 29.6 Å². The van der Waals surface area contributed by atoms with Crippen molar-refractivity contribution in [2.75, 3.05) is 5.32 Å². The number of para-hydroxylation sites is 1. The van der Waals surface area contributed by atoms with E-state index in [1.165, 1.54) is 43.0 Å². The molecule has 2 aromatic carbocycles. The highest BCUT2D eigenvalue weighted by Crippen LogP contribution is 2.37. The normalized spacial score (nSPS) is 17.2. The van der Waals surface area contributed by atoms with Crippen molar-refractivity contribution in [3.05, 3.63) is 71.2 Å². The van der Waals surface area contributed by atoms with Crippen LogP contribution in [-0.2, 0) is 22.3 Å². The van der Waals surface area contributed by atoms with Gasteiger partial charge in [0.15, 0.2) is 0 Å². The molecule has 11 heteroatoms. The van der Waals surface area contributed by atoms with Crippen LogP contribution in [0.4, 0.5) is 28.9 Å². The second-order valence-electron chi connectivity index (χ2n) is 9.94. The molecule has 4 rings (SSSR count). The molecule has 0 spiro atoms. The molecule has 2 aliphatic rings. The molecule has 2 saturated carbocycles. The molecule has 2 fully saturated rings. The van der Waals surface area contributed by atoms with Gasteiger partial charge in [0.2, 0.25) is 5.91 Å². The van der Waals surface area contributed by atoms with Crippen LogP contribution in [0.15, 0.2) is 54.2 Å². The third-order valence-corrected chi connectivity index (χ3v) is 7.04. The summed E-state index contributed by atoms with van der Waals surface area (Å²) in [6, 6.07) is 9.02. The van der Waals surface area contributed by atoms with Crippen LogP contribution in [0.25, 0.3) is 0 Å². The molecular weight excluding hydrogens is 514 g/mol. The van der Waals surface area contributed by atoms with E-state index in [0.717, 1.165) is 44.0 Å². The van der Waals surface area contributed by atoms with E-state index in [4.69, 9.17) is 5.41 Å². The molecule has 0 heterocycles. The number of nitrogens with one attached hydrogen (secondary N) is 5. The fourth-order valence-electron chi connectivity index (χ4n) is 4.58. The topological polar surface area (TPSA) is 106 Å². The first-order valence-corrected chi connectivity index (χ1v) is 12.9. The number of hydrogen-bond acceptors (Lipinski definition) is 5. The van der Waals surface area contributed by atoms with Gasteiger partial charge < -0.3 is 26.7 Å². The van der Waals surface area contributed by atoms with Crippen LogP contribution in [0.2, 0.25) is 0 Å². The van der Waals surface area contributed by atoms with Crippen molar-refractivity contribution >= 4 is 29.4 Å². The Bertz CT molecular complexity index is 1250. The molecule has 208 valence electrons. The van der Waals surface area contributed by atoms with E-state index in [0.29, 0.717) is 12.8 Å². The number of anilines is 2. The Labute approximate surface area is 223 Å². The average Bonchev–Trinajstić information content (AvgIpc) is 3.69. The van der Waals surface area contributed by atoms with E-state index in [1.54, 1.807) is 0 Å². The van der Waals surface area contributed by atoms with Crippen molar-refractivity contribution in [1.29, 1.82) is 5.41 Å². The number of rotatable bonds is 10. The summed E-state index contributed by atoms with van der Waals surface area (Å²) < 4.78 is 54.4. The molecular formula is C28H31F4N5O2. The van der Waals surface area contributed by atoms with Crippen molar-refractivity contribution in [3.8, 4) is 0 Å². The SMILES string of the molecule is N=C/C(=C\NC1CCCCC1)C(=O)NC1(C(=O)NCc2ccc(Nc3ccccc3C(F)(F)F)cc2F)CC1. The summed E-state index contributed by atoms with van der Waals surface area (Å²) in [5.41, 5.74) is -1.83. The van der Waals surface area contributed by atoms with Gasteiger partial charge in [-0.05, 0) is 49.9 Å². The summed E-state index contributed by atoms with van der Waals surface area (Å²) in [5, 5.41) is 18.7. The van der Waals surface area contributed by atoms with Crippen molar-refractivity contribution in [3.63, 3.8) is 0 Å². The van der Waals surface area contributed by atoms with E-state index < -0.39 is 34.9 Å². The quantitative estimate of drug-likeness (QED) is 0.159. The lowest BCUT2D eigenvalue weighted by Crippen LogP contribution is -2.49. The van der Waals surface area contributed by atoms with Gasteiger partial charge in [0.25, 0.3) is 5.91 Å². The molecule has 0 aromatic heterocycles. The summed E-state index contributed by atoms with van der Waals surface area (Å²) in [6.07, 6.45) is 4.15. The zero-order valence-corrected chi connectivity index (χ0v) is 21.3. The molecule has 2 aromatic rings. The highest BCUT2D eigenvalue weighted by atomic mass is 19.4. The molecule has 39 heavy (non-hydrogen) atoms. The first kappa shape index (κ1) is 28.1. The minimum absolute atomic E-state index is 0.112. The van der Waals surface area contributed by atoms with Crippen molar-refractivity contribution in [1.82, 2.24) is 16.0 Å². The summed E-state index contributed by atoms with van der Waals surface area (Å²) in [6.45, 7) is -0.168. The number of alkyl halides is 3. The second kappa shape index (κ2) is 11.9. The Hall–Kier alpha value is -3.89. The predicted octanol–water partition coefficient (Wildman–Crippen LogP) is 5.31. The summed E-state index contributed by atoms with van der Waals surface area (Å²) in [5.74, 6) is -1.72. The Kier molecular flexibility index (Phi) is 8.57. The van der Waals surface area contributed by atoms with Crippen LogP contribution in [0.3, 0.4) is 0 Å². The Morgan fingerprint density at radius 3 is 2.41 bits per heavy atom. The van der Waals surface area contributed by atoms with Gasteiger partial charge in [-0.25, -0.2) is 4.39 Å². The third kappa shape index (κ3) is 7.15. The number of carbonyl (C=O) groups is 2. The summed E-state index contributed by atoms with van der Waals surface area (Å²) >= 11 is 0. The zero-order chi connectivity index (χ0) is 28.0. The van der Waals surface area contributed by atoms with Gasteiger partial charge in [0.05, 0.1) is 16.8 Å². The molecule has 7 nitrogen and oxygen atoms in total. The molecule has 5 N–H and O–H groups in total. The second-order valence-corrected chi connectivity index (χ2v) is 9.94. The Balaban J connectivity index is 1.33. The first-order chi connectivity index (χ1) is 18.6. The minimum atomic E-state index is -4.57. The van der Waals surface area contributed by atoms with E-state index in [-0.39, 0.29) is 35.1 Å². The number of amides is 2. The van der Waals surface area contributed by atoms with Crippen molar-refractivity contribution in [2.45, 2.75) is 69.2 Å².